The number of rotatable bonds is 4. The van der Waals surface area contributed by atoms with Crippen LogP contribution in [0.4, 0.5) is 4.79 Å². The second-order valence-corrected chi connectivity index (χ2v) is 8.04. The lowest BCUT2D eigenvalue weighted by molar-refractivity contribution is 0.0624. The third-order valence-corrected chi connectivity index (χ3v) is 6.12. The smallest absolute Gasteiger partial charge is 0.315 e. The second-order valence-electron chi connectivity index (χ2n) is 8.04. The van der Waals surface area contributed by atoms with Crippen LogP contribution in [-0.2, 0) is 9.47 Å². The van der Waals surface area contributed by atoms with Crippen LogP contribution in [-0.4, -0.2) is 63.7 Å². The molecule has 1 aliphatic carbocycles. The Bertz CT molecular complexity index is 838. The number of fused-ring (bicyclic) bond motifs is 1. The summed E-state index contributed by atoms with van der Waals surface area (Å²) < 4.78 is 13.8. The minimum absolute atomic E-state index is 0.126. The molecule has 2 aromatic rings. The highest BCUT2D eigenvalue weighted by Crippen LogP contribution is 2.35. The lowest BCUT2D eigenvalue weighted by atomic mass is 9.96. The molecule has 5 rings (SSSR count). The van der Waals surface area contributed by atoms with Gasteiger partial charge >= 0.3 is 6.03 Å². The standard InChI is InChI=1S/C20H26N6O3/c27-20(21-14-9-5-2-6-10-14)22-15-11-28-18-16(12-29-17(15)18)26-19(23-24-25-26)13-7-3-1-4-8-13/h1,3-4,7-8,14-18H,2,5-6,9-12H2,(H2,21,22,27)/t15-,16+,17-,18+/m0/s1. The molecule has 9 heteroatoms. The SMILES string of the molecule is O=C(NC1CCCCC1)N[C@H]1CO[C@H]2[C@H]1OC[C@H]2n1nnnc1-c1ccccc1. The highest BCUT2D eigenvalue weighted by Gasteiger charge is 2.50. The molecule has 0 bridgehead atoms. The van der Waals surface area contributed by atoms with Crippen LogP contribution in [0, 0.1) is 0 Å². The van der Waals surface area contributed by atoms with Gasteiger partial charge < -0.3 is 20.1 Å². The predicted molar refractivity (Wildman–Crippen MR) is 104 cm³/mol. The zero-order chi connectivity index (χ0) is 19.6. The van der Waals surface area contributed by atoms with Gasteiger partial charge in [0.05, 0.1) is 19.3 Å². The number of tetrazole rings is 1. The van der Waals surface area contributed by atoms with Crippen molar-refractivity contribution in [2.24, 2.45) is 0 Å². The molecule has 2 saturated heterocycles. The van der Waals surface area contributed by atoms with Gasteiger partial charge in [-0.2, -0.15) is 0 Å². The number of benzene rings is 1. The number of carbonyl (C=O) groups is 1. The topological polar surface area (TPSA) is 103 Å². The Hall–Kier alpha value is -2.52. The second kappa shape index (κ2) is 8.08. The van der Waals surface area contributed by atoms with Gasteiger partial charge in [-0.15, -0.1) is 5.10 Å². The van der Waals surface area contributed by atoms with Crippen molar-refractivity contribution in [2.75, 3.05) is 13.2 Å². The molecule has 0 unspecified atom stereocenters. The van der Waals surface area contributed by atoms with Crippen molar-refractivity contribution in [3.63, 3.8) is 0 Å². The van der Waals surface area contributed by atoms with Gasteiger partial charge in [-0.3, -0.25) is 0 Å². The van der Waals surface area contributed by atoms with E-state index in [0.29, 0.717) is 19.0 Å². The summed E-state index contributed by atoms with van der Waals surface area (Å²) in [6, 6.07) is 9.66. The van der Waals surface area contributed by atoms with Gasteiger partial charge in [-0.05, 0) is 23.3 Å². The molecule has 3 aliphatic rings. The third-order valence-electron chi connectivity index (χ3n) is 6.12. The predicted octanol–water partition coefficient (Wildman–Crippen LogP) is 1.68. The first-order chi connectivity index (χ1) is 14.3. The number of ether oxygens (including phenoxy) is 2. The van der Waals surface area contributed by atoms with Gasteiger partial charge in [-0.25, -0.2) is 9.48 Å². The summed E-state index contributed by atoms with van der Waals surface area (Å²) in [5.74, 6) is 0.690. The van der Waals surface area contributed by atoms with Gasteiger partial charge in [0.15, 0.2) is 5.82 Å². The lowest BCUT2D eigenvalue weighted by Gasteiger charge is -2.24. The highest BCUT2D eigenvalue weighted by molar-refractivity contribution is 5.74. The number of nitrogens with one attached hydrogen (secondary N) is 2. The van der Waals surface area contributed by atoms with Crippen LogP contribution in [0.25, 0.3) is 11.4 Å². The van der Waals surface area contributed by atoms with Crippen molar-refractivity contribution in [3.05, 3.63) is 30.3 Å². The fraction of sp³-hybridized carbons (Fsp3) is 0.600. The van der Waals surface area contributed by atoms with Crippen LogP contribution in [0.2, 0.25) is 0 Å². The monoisotopic (exact) mass is 398 g/mol. The van der Waals surface area contributed by atoms with E-state index in [-0.39, 0.29) is 36.4 Å². The van der Waals surface area contributed by atoms with E-state index >= 15 is 0 Å². The van der Waals surface area contributed by atoms with E-state index in [1.165, 1.54) is 19.3 Å². The van der Waals surface area contributed by atoms with E-state index in [1.807, 2.05) is 30.3 Å². The third kappa shape index (κ3) is 3.72. The van der Waals surface area contributed by atoms with Crippen molar-refractivity contribution >= 4 is 6.03 Å². The van der Waals surface area contributed by atoms with Crippen LogP contribution in [0.5, 0.6) is 0 Å². The molecule has 1 saturated carbocycles. The summed E-state index contributed by atoms with van der Waals surface area (Å²) in [6.07, 6.45) is 5.34. The summed E-state index contributed by atoms with van der Waals surface area (Å²) in [7, 11) is 0. The maximum Gasteiger partial charge on any atom is 0.315 e. The largest absolute Gasteiger partial charge is 0.371 e. The van der Waals surface area contributed by atoms with Crippen molar-refractivity contribution in [3.8, 4) is 11.4 Å². The number of carbonyl (C=O) groups excluding carboxylic acids is 1. The molecule has 0 radical (unpaired) electrons. The minimum atomic E-state index is -0.204. The minimum Gasteiger partial charge on any atom is -0.371 e. The zero-order valence-electron chi connectivity index (χ0n) is 16.2. The van der Waals surface area contributed by atoms with Crippen LogP contribution >= 0.6 is 0 Å². The Balaban J connectivity index is 1.24. The molecule has 3 heterocycles. The Morgan fingerprint density at radius 3 is 2.62 bits per heavy atom. The van der Waals surface area contributed by atoms with E-state index in [4.69, 9.17) is 9.47 Å². The van der Waals surface area contributed by atoms with Crippen molar-refractivity contribution in [1.29, 1.82) is 0 Å². The first-order valence-corrected chi connectivity index (χ1v) is 10.4. The van der Waals surface area contributed by atoms with E-state index in [0.717, 1.165) is 18.4 Å². The van der Waals surface area contributed by atoms with Crippen molar-refractivity contribution in [1.82, 2.24) is 30.8 Å². The summed E-state index contributed by atoms with van der Waals surface area (Å²) in [4.78, 5) is 12.4. The molecule has 29 heavy (non-hydrogen) atoms. The first-order valence-electron chi connectivity index (χ1n) is 10.4. The fourth-order valence-electron chi connectivity index (χ4n) is 4.65. The molecule has 3 fully saturated rings. The molecule has 0 spiro atoms. The average Bonchev–Trinajstić information content (AvgIpc) is 3.47. The summed E-state index contributed by atoms with van der Waals surface area (Å²) in [5.41, 5.74) is 0.945. The van der Waals surface area contributed by atoms with Gasteiger partial charge in [-0.1, -0.05) is 49.6 Å². The molecule has 4 atom stereocenters. The van der Waals surface area contributed by atoms with E-state index in [1.54, 1.807) is 4.68 Å². The van der Waals surface area contributed by atoms with Gasteiger partial charge in [0.25, 0.3) is 0 Å². The number of nitrogens with zero attached hydrogens (tertiary/aromatic N) is 4. The number of aromatic nitrogens is 4. The van der Waals surface area contributed by atoms with Gasteiger partial charge in [0.1, 0.15) is 18.2 Å². The molecule has 9 nitrogen and oxygen atoms in total. The Kier molecular flexibility index (Phi) is 5.15. The highest BCUT2D eigenvalue weighted by atomic mass is 16.6. The summed E-state index contributed by atoms with van der Waals surface area (Å²) in [5, 5.41) is 18.4. The van der Waals surface area contributed by atoms with Crippen molar-refractivity contribution < 1.29 is 14.3 Å². The summed E-state index contributed by atoms with van der Waals surface area (Å²) in [6.45, 7) is 0.870. The molecule has 1 aromatic heterocycles. The van der Waals surface area contributed by atoms with Crippen LogP contribution in [0.15, 0.2) is 30.3 Å². The molecule has 2 amide bonds. The fourth-order valence-corrected chi connectivity index (χ4v) is 4.65. The number of amides is 2. The molecule has 1 aromatic carbocycles. The molecule has 2 aliphatic heterocycles. The molecular formula is C20H26N6O3. The van der Waals surface area contributed by atoms with E-state index < -0.39 is 0 Å². The normalized spacial score (nSPS) is 29.5. The lowest BCUT2D eigenvalue weighted by Crippen LogP contribution is -2.50. The number of urea groups is 1. The Morgan fingerprint density at radius 1 is 1.00 bits per heavy atom. The average molecular weight is 398 g/mol. The quantitative estimate of drug-likeness (QED) is 0.812. The van der Waals surface area contributed by atoms with E-state index in [2.05, 4.69) is 26.2 Å². The molecular weight excluding hydrogens is 372 g/mol. The Labute approximate surface area is 169 Å². The Morgan fingerprint density at radius 2 is 1.79 bits per heavy atom. The number of hydrogen-bond acceptors (Lipinski definition) is 6. The van der Waals surface area contributed by atoms with Gasteiger partial charge in [0.2, 0.25) is 0 Å². The maximum atomic E-state index is 12.4. The summed E-state index contributed by atoms with van der Waals surface area (Å²) >= 11 is 0. The van der Waals surface area contributed by atoms with Gasteiger partial charge in [0, 0.05) is 11.6 Å². The zero-order valence-corrected chi connectivity index (χ0v) is 16.2. The first kappa shape index (κ1) is 18.5. The van der Waals surface area contributed by atoms with Crippen LogP contribution in [0.3, 0.4) is 0 Å². The molecule has 154 valence electrons. The number of hydrogen-bond donors (Lipinski definition) is 2. The van der Waals surface area contributed by atoms with Crippen LogP contribution in [0.1, 0.15) is 38.1 Å². The van der Waals surface area contributed by atoms with E-state index in [9.17, 15) is 4.79 Å². The van der Waals surface area contributed by atoms with Crippen LogP contribution < -0.4 is 10.6 Å². The maximum absolute atomic E-state index is 12.4. The molecule has 2 N–H and O–H groups in total. The van der Waals surface area contributed by atoms with Crippen molar-refractivity contribution in [2.45, 2.75) is 62.4 Å².